The number of anilines is 1. The molecule has 1 amide bonds. The van der Waals surface area contributed by atoms with E-state index in [0.29, 0.717) is 16.5 Å². The average molecular weight is 359 g/mol. The number of rotatable bonds is 4. The molecule has 0 radical (unpaired) electrons. The fourth-order valence-corrected chi connectivity index (χ4v) is 2.91. The first-order valence-electron chi connectivity index (χ1n) is 6.52. The van der Waals surface area contributed by atoms with Crippen LogP contribution in [0.2, 0.25) is 15.1 Å². The Bertz CT molecular complexity index is 673. The van der Waals surface area contributed by atoms with E-state index in [0.717, 1.165) is 11.1 Å². The van der Waals surface area contributed by atoms with Crippen molar-refractivity contribution < 1.29 is 9.53 Å². The zero-order chi connectivity index (χ0) is 16.3. The van der Waals surface area contributed by atoms with Crippen molar-refractivity contribution in [3.8, 4) is 5.75 Å². The molecular weight excluding hydrogens is 345 g/mol. The summed E-state index contributed by atoms with van der Waals surface area (Å²) in [6, 6.07) is 8.80. The highest BCUT2D eigenvalue weighted by atomic mass is 35.5. The normalized spacial score (nSPS) is 10.4. The van der Waals surface area contributed by atoms with E-state index in [2.05, 4.69) is 5.32 Å². The van der Waals surface area contributed by atoms with Crippen molar-refractivity contribution in [2.75, 3.05) is 11.9 Å². The van der Waals surface area contributed by atoms with Crippen LogP contribution in [0.5, 0.6) is 5.75 Å². The summed E-state index contributed by atoms with van der Waals surface area (Å²) in [4.78, 5) is 12.0. The van der Waals surface area contributed by atoms with E-state index in [1.807, 2.05) is 32.0 Å². The molecule has 0 saturated heterocycles. The van der Waals surface area contributed by atoms with Crippen LogP contribution in [0.3, 0.4) is 0 Å². The summed E-state index contributed by atoms with van der Waals surface area (Å²) in [5.41, 5.74) is 2.26. The molecule has 3 nitrogen and oxygen atoms in total. The van der Waals surface area contributed by atoms with E-state index in [4.69, 9.17) is 39.5 Å². The second kappa shape index (κ2) is 7.23. The van der Waals surface area contributed by atoms with Gasteiger partial charge in [-0.2, -0.15) is 0 Å². The van der Waals surface area contributed by atoms with Crippen LogP contribution in [0.15, 0.2) is 30.3 Å². The van der Waals surface area contributed by atoms with Gasteiger partial charge in [0.1, 0.15) is 5.75 Å². The number of aryl methyl sites for hydroxylation is 2. The Morgan fingerprint density at radius 1 is 1.09 bits per heavy atom. The maximum absolute atomic E-state index is 12.0. The largest absolute Gasteiger partial charge is 0.483 e. The second-order valence-corrected chi connectivity index (χ2v) is 6.05. The molecule has 22 heavy (non-hydrogen) atoms. The topological polar surface area (TPSA) is 38.3 Å². The Labute approximate surface area is 144 Å². The third kappa shape index (κ3) is 4.07. The van der Waals surface area contributed by atoms with Gasteiger partial charge in [0.05, 0.1) is 15.7 Å². The summed E-state index contributed by atoms with van der Waals surface area (Å²) in [7, 11) is 0. The van der Waals surface area contributed by atoms with Gasteiger partial charge < -0.3 is 10.1 Å². The molecule has 0 aliphatic carbocycles. The molecule has 1 N–H and O–H groups in total. The molecule has 2 aromatic rings. The van der Waals surface area contributed by atoms with Crippen molar-refractivity contribution in [3.05, 3.63) is 56.5 Å². The molecule has 2 aromatic carbocycles. The van der Waals surface area contributed by atoms with Gasteiger partial charge in [-0.1, -0.05) is 53.0 Å². The van der Waals surface area contributed by atoms with E-state index < -0.39 is 0 Å². The zero-order valence-corrected chi connectivity index (χ0v) is 14.3. The molecule has 0 fully saturated rings. The Hall–Kier alpha value is -1.42. The van der Waals surface area contributed by atoms with Gasteiger partial charge in [0, 0.05) is 5.02 Å². The van der Waals surface area contributed by atoms with E-state index in [-0.39, 0.29) is 22.6 Å². The minimum Gasteiger partial charge on any atom is -0.483 e. The number of amides is 1. The smallest absolute Gasteiger partial charge is 0.262 e. The molecule has 0 saturated carbocycles. The second-order valence-electron chi connectivity index (χ2n) is 4.80. The van der Waals surface area contributed by atoms with Crippen LogP contribution in [0.1, 0.15) is 11.1 Å². The first kappa shape index (κ1) is 16.9. The quantitative estimate of drug-likeness (QED) is 0.807. The van der Waals surface area contributed by atoms with Crippen molar-refractivity contribution in [2.24, 2.45) is 0 Å². The Balaban J connectivity index is 2.05. The van der Waals surface area contributed by atoms with Crippen molar-refractivity contribution in [2.45, 2.75) is 13.8 Å². The maximum Gasteiger partial charge on any atom is 0.262 e. The lowest BCUT2D eigenvalue weighted by Gasteiger charge is -2.13. The van der Waals surface area contributed by atoms with Gasteiger partial charge in [0.25, 0.3) is 5.91 Å². The number of halogens is 3. The summed E-state index contributed by atoms with van der Waals surface area (Å²) in [5, 5.41) is 3.58. The molecule has 0 unspecified atom stereocenters. The van der Waals surface area contributed by atoms with E-state index >= 15 is 0 Å². The lowest BCUT2D eigenvalue weighted by molar-refractivity contribution is -0.118. The fourth-order valence-electron chi connectivity index (χ4n) is 2.00. The number of hydrogen-bond acceptors (Lipinski definition) is 2. The highest BCUT2D eigenvalue weighted by Crippen LogP contribution is 2.33. The van der Waals surface area contributed by atoms with Gasteiger partial charge in [-0.25, -0.2) is 0 Å². The predicted octanol–water partition coefficient (Wildman–Crippen LogP) is 5.28. The number of carbonyl (C=O) groups excluding carboxylic acids is 1. The van der Waals surface area contributed by atoms with Crippen molar-refractivity contribution in [3.63, 3.8) is 0 Å². The van der Waals surface area contributed by atoms with Crippen LogP contribution in [0.25, 0.3) is 0 Å². The predicted molar refractivity (Wildman–Crippen MR) is 91.5 cm³/mol. The number of benzene rings is 2. The summed E-state index contributed by atoms with van der Waals surface area (Å²) in [6.45, 7) is 3.71. The van der Waals surface area contributed by atoms with Gasteiger partial charge in [0.2, 0.25) is 0 Å². The first-order valence-corrected chi connectivity index (χ1v) is 7.65. The van der Waals surface area contributed by atoms with Crippen LogP contribution >= 0.6 is 34.8 Å². The zero-order valence-electron chi connectivity index (χ0n) is 12.0. The van der Waals surface area contributed by atoms with Crippen molar-refractivity contribution in [1.82, 2.24) is 0 Å². The molecule has 0 aliphatic rings. The van der Waals surface area contributed by atoms with E-state index in [1.54, 1.807) is 0 Å². The Morgan fingerprint density at radius 3 is 2.18 bits per heavy atom. The molecule has 0 aromatic heterocycles. The minimum atomic E-state index is -0.353. The summed E-state index contributed by atoms with van der Waals surface area (Å²) in [5.74, 6) is 0.347. The summed E-state index contributed by atoms with van der Waals surface area (Å²) in [6.07, 6.45) is 0. The lowest BCUT2D eigenvalue weighted by atomic mass is 10.1. The standard InChI is InChI=1S/C16H14Cl3NO2/c1-9-4-3-5-10(2)16(9)22-8-14(21)20-15-12(18)6-11(17)7-13(15)19/h3-7H,8H2,1-2H3,(H,20,21). The molecule has 0 aliphatic heterocycles. The van der Waals surface area contributed by atoms with Crippen LogP contribution in [-0.2, 0) is 4.79 Å². The lowest BCUT2D eigenvalue weighted by Crippen LogP contribution is -2.21. The average Bonchev–Trinajstić information content (AvgIpc) is 2.42. The van der Waals surface area contributed by atoms with Gasteiger partial charge in [0.15, 0.2) is 6.61 Å². The third-order valence-electron chi connectivity index (χ3n) is 3.03. The molecular formula is C16H14Cl3NO2. The fraction of sp³-hybridized carbons (Fsp3) is 0.188. The number of ether oxygens (including phenoxy) is 1. The van der Waals surface area contributed by atoms with Gasteiger partial charge in [-0.15, -0.1) is 0 Å². The Kier molecular flexibility index (Phi) is 5.57. The van der Waals surface area contributed by atoms with Crippen LogP contribution < -0.4 is 10.1 Å². The minimum absolute atomic E-state index is 0.138. The molecule has 0 bridgehead atoms. The maximum atomic E-state index is 12.0. The van der Waals surface area contributed by atoms with Gasteiger partial charge in [-0.3, -0.25) is 4.79 Å². The molecule has 6 heteroatoms. The van der Waals surface area contributed by atoms with Crippen LogP contribution in [0.4, 0.5) is 5.69 Å². The highest BCUT2D eigenvalue weighted by molar-refractivity contribution is 6.42. The third-order valence-corrected chi connectivity index (χ3v) is 3.84. The molecule has 0 heterocycles. The van der Waals surface area contributed by atoms with Crippen molar-refractivity contribution >= 4 is 46.4 Å². The molecule has 0 atom stereocenters. The number of para-hydroxylation sites is 1. The SMILES string of the molecule is Cc1cccc(C)c1OCC(=O)Nc1c(Cl)cc(Cl)cc1Cl. The molecule has 116 valence electrons. The van der Waals surface area contributed by atoms with Crippen LogP contribution in [-0.4, -0.2) is 12.5 Å². The highest BCUT2D eigenvalue weighted by Gasteiger charge is 2.13. The first-order chi connectivity index (χ1) is 10.4. The van der Waals surface area contributed by atoms with Gasteiger partial charge in [-0.05, 0) is 37.1 Å². The summed E-state index contributed by atoms with van der Waals surface area (Å²) < 4.78 is 5.58. The van der Waals surface area contributed by atoms with Gasteiger partial charge >= 0.3 is 0 Å². The molecule has 0 spiro atoms. The van der Waals surface area contributed by atoms with E-state index in [1.165, 1.54) is 12.1 Å². The number of hydrogen-bond donors (Lipinski definition) is 1. The van der Waals surface area contributed by atoms with Crippen LogP contribution in [0, 0.1) is 13.8 Å². The van der Waals surface area contributed by atoms with Crippen molar-refractivity contribution in [1.29, 1.82) is 0 Å². The van der Waals surface area contributed by atoms with E-state index in [9.17, 15) is 4.79 Å². The summed E-state index contributed by atoms with van der Waals surface area (Å²) >= 11 is 17.9. The Morgan fingerprint density at radius 2 is 1.64 bits per heavy atom. The number of carbonyl (C=O) groups is 1. The number of nitrogens with one attached hydrogen (secondary N) is 1. The molecule has 2 rings (SSSR count). The monoisotopic (exact) mass is 357 g/mol.